The second-order valence-corrected chi connectivity index (χ2v) is 8.03. The highest BCUT2D eigenvalue weighted by Gasteiger charge is 2.26. The van der Waals surface area contributed by atoms with Gasteiger partial charge in [-0.15, -0.1) is 0 Å². The van der Waals surface area contributed by atoms with Crippen LogP contribution in [-0.4, -0.2) is 34.8 Å². The standard InChI is InChI=1S/C25H28N4O/c1-19-24(20(2)29(27-19)23-11-7-4-8-12-23)13-14-25(30)26-22-15-16-28(18-22)17-21-9-5-3-6-10-21/h3-14,22H,15-18H2,1-2H3,(H,26,30)/p+1/b14-13+/t22-/m1/s1. The van der Waals surface area contributed by atoms with Crippen LogP contribution in [0.2, 0.25) is 0 Å². The molecule has 30 heavy (non-hydrogen) atoms. The van der Waals surface area contributed by atoms with Crippen molar-refractivity contribution in [2.24, 2.45) is 0 Å². The van der Waals surface area contributed by atoms with Gasteiger partial charge in [0.25, 0.3) is 0 Å². The van der Waals surface area contributed by atoms with E-state index in [0.29, 0.717) is 0 Å². The van der Waals surface area contributed by atoms with Crippen LogP contribution in [-0.2, 0) is 11.3 Å². The van der Waals surface area contributed by atoms with Crippen LogP contribution >= 0.6 is 0 Å². The number of hydrogen-bond acceptors (Lipinski definition) is 2. The minimum Gasteiger partial charge on any atom is -0.344 e. The van der Waals surface area contributed by atoms with Gasteiger partial charge in [-0.3, -0.25) is 4.79 Å². The molecular formula is C25H29N4O+. The third-order valence-electron chi connectivity index (χ3n) is 5.77. The molecule has 1 aliphatic heterocycles. The summed E-state index contributed by atoms with van der Waals surface area (Å²) >= 11 is 0. The van der Waals surface area contributed by atoms with Gasteiger partial charge in [-0.25, -0.2) is 4.68 Å². The van der Waals surface area contributed by atoms with Crippen molar-refractivity contribution in [3.63, 3.8) is 0 Å². The summed E-state index contributed by atoms with van der Waals surface area (Å²) in [6.45, 7) is 7.09. The summed E-state index contributed by atoms with van der Waals surface area (Å²) in [5, 5.41) is 7.81. The number of aromatic nitrogens is 2. The van der Waals surface area contributed by atoms with E-state index in [4.69, 9.17) is 0 Å². The molecule has 0 aliphatic carbocycles. The van der Waals surface area contributed by atoms with Crippen LogP contribution in [0.4, 0.5) is 0 Å². The maximum absolute atomic E-state index is 12.5. The number of carbonyl (C=O) groups excluding carboxylic acids is 1. The largest absolute Gasteiger partial charge is 0.344 e. The molecule has 0 saturated carbocycles. The Morgan fingerprint density at radius 2 is 1.83 bits per heavy atom. The van der Waals surface area contributed by atoms with E-state index >= 15 is 0 Å². The molecule has 154 valence electrons. The van der Waals surface area contributed by atoms with Gasteiger partial charge in [-0.05, 0) is 32.1 Å². The lowest BCUT2D eigenvalue weighted by molar-refractivity contribution is -0.901. The van der Waals surface area contributed by atoms with Crippen LogP contribution in [0.5, 0.6) is 0 Å². The van der Waals surface area contributed by atoms with Gasteiger partial charge in [0.15, 0.2) is 0 Å². The molecule has 5 heteroatoms. The first-order chi connectivity index (χ1) is 14.6. The second kappa shape index (κ2) is 9.09. The molecule has 1 unspecified atom stereocenters. The molecular weight excluding hydrogens is 372 g/mol. The number of hydrogen-bond donors (Lipinski definition) is 2. The normalized spacial score (nSPS) is 18.7. The highest BCUT2D eigenvalue weighted by atomic mass is 16.1. The van der Waals surface area contributed by atoms with Gasteiger partial charge in [-0.1, -0.05) is 48.5 Å². The summed E-state index contributed by atoms with van der Waals surface area (Å²) in [6.07, 6.45) is 4.54. The number of carbonyl (C=O) groups is 1. The number of nitrogens with one attached hydrogen (secondary N) is 2. The van der Waals surface area contributed by atoms with Gasteiger partial charge in [-0.2, -0.15) is 5.10 Å². The first-order valence-corrected chi connectivity index (χ1v) is 10.6. The van der Waals surface area contributed by atoms with Crippen molar-refractivity contribution < 1.29 is 9.69 Å². The fraction of sp³-hybridized carbons (Fsp3) is 0.280. The Balaban J connectivity index is 1.35. The summed E-state index contributed by atoms with van der Waals surface area (Å²) in [6, 6.07) is 20.8. The number of amides is 1. The highest BCUT2D eigenvalue weighted by Crippen LogP contribution is 2.19. The van der Waals surface area contributed by atoms with Crippen molar-refractivity contribution >= 4 is 12.0 Å². The van der Waals surface area contributed by atoms with Gasteiger partial charge in [0.2, 0.25) is 5.91 Å². The van der Waals surface area contributed by atoms with Crippen LogP contribution in [0.15, 0.2) is 66.7 Å². The Kier molecular flexibility index (Phi) is 6.10. The van der Waals surface area contributed by atoms with Crippen LogP contribution in [0.3, 0.4) is 0 Å². The fourth-order valence-electron chi connectivity index (χ4n) is 4.22. The van der Waals surface area contributed by atoms with Crippen molar-refractivity contribution in [3.05, 3.63) is 89.3 Å². The third kappa shape index (κ3) is 4.69. The smallest absolute Gasteiger partial charge is 0.244 e. The van der Waals surface area contributed by atoms with Crippen LogP contribution in [0.1, 0.15) is 28.9 Å². The Hall–Kier alpha value is -3.18. The number of aryl methyl sites for hydroxylation is 1. The minimum atomic E-state index is -0.0350. The lowest BCUT2D eigenvalue weighted by Gasteiger charge is -2.13. The Morgan fingerprint density at radius 1 is 1.13 bits per heavy atom. The highest BCUT2D eigenvalue weighted by molar-refractivity contribution is 5.92. The van der Waals surface area contributed by atoms with Gasteiger partial charge in [0.1, 0.15) is 6.54 Å². The zero-order valence-electron chi connectivity index (χ0n) is 17.6. The lowest BCUT2D eigenvalue weighted by atomic mass is 10.1. The van der Waals surface area contributed by atoms with E-state index in [9.17, 15) is 4.79 Å². The molecule has 0 spiro atoms. The average Bonchev–Trinajstić information content (AvgIpc) is 3.31. The van der Waals surface area contributed by atoms with Crippen molar-refractivity contribution in [2.45, 2.75) is 32.9 Å². The topological polar surface area (TPSA) is 51.4 Å². The Labute approximate surface area is 178 Å². The molecule has 1 aromatic heterocycles. The van der Waals surface area contributed by atoms with Crippen molar-refractivity contribution in [1.82, 2.24) is 15.1 Å². The number of benzene rings is 2. The van der Waals surface area contributed by atoms with Crippen molar-refractivity contribution in [1.29, 1.82) is 0 Å². The van der Waals surface area contributed by atoms with Crippen molar-refractivity contribution in [2.75, 3.05) is 13.1 Å². The monoisotopic (exact) mass is 401 g/mol. The molecule has 1 fully saturated rings. The van der Waals surface area contributed by atoms with E-state index in [-0.39, 0.29) is 11.9 Å². The maximum Gasteiger partial charge on any atom is 0.244 e. The molecule has 1 aliphatic rings. The molecule has 3 aromatic rings. The predicted molar refractivity (Wildman–Crippen MR) is 119 cm³/mol. The number of quaternary nitrogens is 1. The predicted octanol–water partition coefficient (Wildman–Crippen LogP) is 2.48. The summed E-state index contributed by atoms with van der Waals surface area (Å²) < 4.78 is 1.93. The van der Waals surface area contributed by atoms with Gasteiger partial charge in [0, 0.05) is 29.3 Å². The van der Waals surface area contributed by atoms with Gasteiger partial charge < -0.3 is 10.2 Å². The van der Waals surface area contributed by atoms with Crippen molar-refractivity contribution in [3.8, 4) is 5.69 Å². The van der Waals surface area contributed by atoms with E-state index in [1.54, 1.807) is 6.08 Å². The first-order valence-electron chi connectivity index (χ1n) is 10.6. The molecule has 1 saturated heterocycles. The van der Waals surface area contributed by atoms with Crippen LogP contribution in [0.25, 0.3) is 11.8 Å². The van der Waals surface area contributed by atoms with E-state index in [1.165, 1.54) is 10.5 Å². The summed E-state index contributed by atoms with van der Waals surface area (Å²) in [4.78, 5) is 14.0. The molecule has 2 N–H and O–H groups in total. The SMILES string of the molecule is Cc1nn(-c2ccccc2)c(C)c1/C=C/C(=O)N[C@@H]1CC[NH+](Cc2ccccc2)C1. The van der Waals surface area contributed by atoms with Gasteiger partial charge in [0.05, 0.1) is 30.5 Å². The first kappa shape index (κ1) is 20.1. The summed E-state index contributed by atoms with van der Waals surface area (Å²) in [5.41, 5.74) is 5.31. The maximum atomic E-state index is 12.5. The molecule has 5 nitrogen and oxygen atoms in total. The zero-order chi connectivity index (χ0) is 20.9. The number of para-hydroxylation sites is 1. The third-order valence-corrected chi connectivity index (χ3v) is 5.77. The number of rotatable bonds is 6. The molecule has 1 amide bonds. The molecule has 2 atom stereocenters. The Bertz CT molecular complexity index is 1020. The fourth-order valence-corrected chi connectivity index (χ4v) is 4.22. The van der Waals surface area contributed by atoms with E-state index in [1.807, 2.05) is 61.0 Å². The molecule has 0 radical (unpaired) electrons. The average molecular weight is 402 g/mol. The minimum absolute atomic E-state index is 0.0350. The van der Waals surface area contributed by atoms with E-state index < -0.39 is 0 Å². The lowest BCUT2D eigenvalue weighted by Crippen LogP contribution is -3.09. The zero-order valence-corrected chi connectivity index (χ0v) is 17.6. The summed E-state index contributed by atoms with van der Waals surface area (Å²) in [5.74, 6) is -0.0350. The van der Waals surface area contributed by atoms with Gasteiger partial charge >= 0.3 is 0 Å². The van der Waals surface area contributed by atoms with Crippen LogP contribution in [0, 0.1) is 13.8 Å². The van der Waals surface area contributed by atoms with E-state index in [0.717, 1.165) is 48.7 Å². The quantitative estimate of drug-likeness (QED) is 0.624. The number of nitrogens with zero attached hydrogens (tertiary/aromatic N) is 2. The van der Waals surface area contributed by atoms with E-state index in [2.05, 4.69) is 34.7 Å². The molecule has 0 bridgehead atoms. The molecule has 2 aromatic carbocycles. The molecule has 4 rings (SSSR count). The summed E-state index contributed by atoms with van der Waals surface area (Å²) in [7, 11) is 0. The number of likely N-dealkylation sites (tertiary alicyclic amines) is 1. The Morgan fingerprint density at radius 3 is 2.57 bits per heavy atom. The molecule has 2 heterocycles. The van der Waals surface area contributed by atoms with Crippen LogP contribution < -0.4 is 10.2 Å². The second-order valence-electron chi connectivity index (χ2n) is 8.03.